The summed E-state index contributed by atoms with van der Waals surface area (Å²) in [4.78, 5) is 22.0. The second-order valence-electron chi connectivity index (χ2n) is 4.68. The van der Waals surface area contributed by atoms with Gasteiger partial charge in [-0.2, -0.15) is 5.10 Å². The molecule has 1 heterocycles. The second kappa shape index (κ2) is 5.25. The number of carboxylic acids is 1. The Morgan fingerprint density at radius 3 is 2.48 bits per heavy atom. The molecule has 0 aliphatic heterocycles. The van der Waals surface area contributed by atoms with E-state index in [4.69, 9.17) is 0 Å². The highest BCUT2D eigenvalue weighted by atomic mass is 32.2. The van der Waals surface area contributed by atoms with Crippen LogP contribution in [0.25, 0.3) is 11.0 Å². The Balaban J connectivity index is 1.94. The van der Waals surface area contributed by atoms with Crippen molar-refractivity contribution in [2.45, 2.75) is 4.90 Å². The molecule has 1 aromatic heterocycles. The number of fused-ring (bicyclic) bond motifs is 1. The molecular formula is C13H10N4O5S. The maximum atomic E-state index is 12.3. The standard InChI is InChI=1S/C13H10N4O5S/c18-13(19)8-1-3-9(4-2-8)15-23(21,22)10-5-6-11-12(7-10)17(20)16-14-11/h1-7,15H,(H2-,14,16,18,19,20). The minimum Gasteiger partial charge on any atom is -0.545 e. The summed E-state index contributed by atoms with van der Waals surface area (Å²) in [6, 6.07) is 9.07. The van der Waals surface area contributed by atoms with Gasteiger partial charge in [0.2, 0.25) is 0 Å². The van der Waals surface area contributed by atoms with Gasteiger partial charge in [0, 0.05) is 11.8 Å². The van der Waals surface area contributed by atoms with Crippen molar-refractivity contribution in [3.05, 3.63) is 52.9 Å². The summed E-state index contributed by atoms with van der Waals surface area (Å²) in [6.45, 7) is 0. The average Bonchev–Trinajstić information content (AvgIpc) is 2.88. The first-order chi connectivity index (χ1) is 10.9. The molecule has 0 aliphatic carbocycles. The Kier molecular flexibility index (Phi) is 3.37. The zero-order valence-electron chi connectivity index (χ0n) is 11.4. The number of H-pyrrole nitrogens is 2. The van der Waals surface area contributed by atoms with E-state index in [1.54, 1.807) is 0 Å². The molecule has 0 fully saturated rings. The van der Waals surface area contributed by atoms with E-state index in [1.165, 1.54) is 42.5 Å². The van der Waals surface area contributed by atoms with E-state index >= 15 is 0 Å². The molecule has 118 valence electrons. The highest BCUT2D eigenvalue weighted by molar-refractivity contribution is 7.92. The van der Waals surface area contributed by atoms with Gasteiger partial charge >= 0.3 is 0 Å². The lowest BCUT2D eigenvalue weighted by Gasteiger charge is -2.08. The number of aromatic carboxylic acids is 1. The Morgan fingerprint density at radius 2 is 1.83 bits per heavy atom. The molecule has 23 heavy (non-hydrogen) atoms. The monoisotopic (exact) mass is 334 g/mol. The molecular weight excluding hydrogens is 324 g/mol. The fourth-order valence-corrected chi connectivity index (χ4v) is 3.09. The fourth-order valence-electron chi connectivity index (χ4n) is 2.01. The quantitative estimate of drug-likeness (QED) is 0.555. The molecule has 0 unspecified atom stereocenters. The third-order valence-electron chi connectivity index (χ3n) is 3.16. The van der Waals surface area contributed by atoms with Crippen LogP contribution in [0.2, 0.25) is 0 Å². The van der Waals surface area contributed by atoms with Gasteiger partial charge in [-0.15, -0.1) is 0 Å². The van der Waals surface area contributed by atoms with Gasteiger partial charge in [0.25, 0.3) is 15.5 Å². The topological polar surface area (TPSA) is 141 Å². The first-order valence-corrected chi connectivity index (χ1v) is 7.82. The van der Waals surface area contributed by atoms with Gasteiger partial charge in [-0.3, -0.25) is 4.72 Å². The van der Waals surface area contributed by atoms with Crippen molar-refractivity contribution >= 4 is 32.7 Å². The van der Waals surface area contributed by atoms with E-state index in [1.807, 2.05) is 0 Å². The van der Waals surface area contributed by atoms with Gasteiger partial charge in [0.05, 0.1) is 15.4 Å². The predicted molar refractivity (Wildman–Crippen MR) is 77.6 cm³/mol. The minimum atomic E-state index is -3.93. The van der Waals surface area contributed by atoms with Crippen LogP contribution < -0.4 is 14.4 Å². The molecule has 10 heteroatoms. The first-order valence-electron chi connectivity index (χ1n) is 6.34. The van der Waals surface area contributed by atoms with Gasteiger partial charge in [0.1, 0.15) is 0 Å². The lowest BCUT2D eigenvalue weighted by Crippen LogP contribution is -2.22. The number of anilines is 1. The van der Waals surface area contributed by atoms with E-state index in [-0.39, 0.29) is 21.7 Å². The van der Waals surface area contributed by atoms with Gasteiger partial charge in [0.15, 0.2) is 5.52 Å². The summed E-state index contributed by atoms with van der Waals surface area (Å²) < 4.78 is 27.4. The molecule has 3 aromatic rings. The van der Waals surface area contributed by atoms with Crippen molar-refractivity contribution in [3.8, 4) is 0 Å². The van der Waals surface area contributed by atoms with Gasteiger partial charge < -0.3 is 9.90 Å². The van der Waals surface area contributed by atoms with Crippen LogP contribution in [0.15, 0.2) is 47.4 Å². The molecule has 3 N–H and O–H groups in total. The molecule has 3 rings (SSSR count). The molecule has 0 radical (unpaired) electrons. The van der Waals surface area contributed by atoms with Crippen molar-refractivity contribution in [2.24, 2.45) is 0 Å². The number of aromatic nitrogens is 3. The van der Waals surface area contributed by atoms with E-state index in [2.05, 4.69) is 15.0 Å². The van der Waals surface area contributed by atoms with Crippen molar-refractivity contribution in [3.63, 3.8) is 0 Å². The molecule has 0 amide bonds. The maximum absolute atomic E-state index is 12.3. The van der Waals surface area contributed by atoms with Crippen molar-refractivity contribution in [2.75, 3.05) is 4.72 Å². The molecule has 0 aliphatic rings. The number of nitrogens with zero attached hydrogens (tertiary/aromatic N) is 1. The first kappa shape index (κ1) is 14.8. The van der Waals surface area contributed by atoms with Crippen molar-refractivity contribution in [1.82, 2.24) is 10.3 Å². The fraction of sp³-hybridized carbons (Fsp3) is 0. The number of carbonyl (C=O) groups excluding carboxylic acids is 1. The SMILES string of the molecule is O=C([O-])c1ccc(NS(=O)(=O)c2ccc3[nH][nH][n+](=O)c3c2)cc1. The van der Waals surface area contributed by atoms with E-state index in [0.29, 0.717) is 10.1 Å². The van der Waals surface area contributed by atoms with Crippen LogP contribution in [0, 0.1) is 4.91 Å². The molecule has 0 atom stereocenters. The van der Waals surface area contributed by atoms with E-state index in [9.17, 15) is 23.2 Å². The normalized spacial score (nSPS) is 11.5. The molecule has 0 saturated heterocycles. The smallest absolute Gasteiger partial charge is 0.262 e. The van der Waals surface area contributed by atoms with Crippen LogP contribution in [0.3, 0.4) is 0 Å². The number of benzene rings is 2. The Labute approximate surface area is 129 Å². The Bertz CT molecular complexity index is 1050. The maximum Gasteiger partial charge on any atom is 0.262 e. The summed E-state index contributed by atoms with van der Waals surface area (Å²) in [5.41, 5.74) is 0.716. The average molecular weight is 334 g/mol. The number of hydrogen-bond acceptors (Lipinski definition) is 5. The Hall–Kier alpha value is -3.14. The summed E-state index contributed by atoms with van der Waals surface area (Å²) in [6.07, 6.45) is 0. The second-order valence-corrected chi connectivity index (χ2v) is 6.36. The number of aromatic amines is 2. The largest absolute Gasteiger partial charge is 0.545 e. The molecule has 0 bridgehead atoms. The number of carbonyl (C=O) groups is 1. The predicted octanol–water partition coefficient (Wildman–Crippen LogP) is -0.425. The highest BCUT2D eigenvalue weighted by Crippen LogP contribution is 2.18. The summed E-state index contributed by atoms with van der Waals surface area (Å²) in [7, 11) is -3.93. The van der Waals surface area contributed by atoms with Crippen LogP contribution in [0.1, 0.15) is 10.4 Å². The molecule has 9 nitrogen and oxygen atoms in total. The van der Waals surface area contributed by atoms with Crippen molar-refractivity contribution < 1.29 is 22.9 Å². The zero-order chi connectivity index (χ0) is 16.6. The number of hydrogen-bond donors (Lipinski definition) is 3. The molecule has 0 spiro atoms. The lowest BCUT2D eigenvalue weighted by atomic mass is 10.2. The minimum absolute atomic E-state index is 0.0652. The number of nitrogens with one attached hydrogen (secondary N) is 3. The van der Waals surface area contributed by atoms with Crippen LogP contribution in [-0.4, -0.2) is 24.7 Å². The number of sulfonamides is 1. The summed E-state index contributed by atoms with van der Waals surface area (Å²) >= 11 is 0. The molecule has 2 aromatic carbocycles. The third-order valence-corrected chi connectivity index (χ3v) is 4.54. The third kappa shape index (κ3) is 2.79. The highest BCUT2D eigenvalue weighted by Gasteiger charge is 2.18. The van der Waals surface area contributed by atoms with Crippen LogP contribution in [-0.2, 0) is 10.0 Å². The van der Waals surface area contributed by atoms with E-state index in [0.717, 1.165) is 0 Å². The summed E-state index contributed by atoms with van der Waals surface area (Å²) in [5.74, 6) is -1.35. The van der Waals surface area contributed by atoms with E-state index < -0.39 is 16.0 Å². The van der Waals surface area contributed by atoms with Crippen LogP contribution in [0.5, 0.6) is 0 Å². The lowest BCUT2D eigenvalue weighted by molar-refractivity contribution is -0.537. The number of carboxylic acid groups (broad SMARTS) is 1. The Morgan fingerprint density at radius 1 is 1.13 bits per heavy atom. The van der Waals surface area contributed by atoms with Crippen LogP contribution in [0.4, 0.5) is 5.69 Å². The van der Waals surface area contributed by atoms with Crippen LogP contribution >= 0.6 is 0 Å². The summed E-state index contributed by atoms with van der Waals surface area (Å²) in [5, 5.41) is 15.5. The van der Waals surface area contributed by atoms with Gasteiger partial charge in [-0.05, 0) is 34.7 Å². The zero-order valence-corrected chi connectivity index (χ0v) is 12.3. The van der Waals surface area contributed by atoms with Crippen molar-refractivity contribution in [1.29, 1.82) is 0 Å². The van der Waals surface area contributed by atoms with Gasteiger partial charge in [-0.1, -0.05) is 17.3 Å². The number of rotatable bonds is 4. The molecule has 0 saturated carbocycles. The van der Waals surface area contributed by atoms with Gasteiger partial charge in [-0.25, -0.2) is 8.42 Å².